The molecule has 5 nitrogen and oxygen atoms in total. The fourth-order valence-corrected chi connectivity index (χ4v) is 2.69. The van der Waals surface area contributed by atoms with Crippen LogP contribution >= 0.6 is 0 Å². The van der Waals surface area contributed by atoms with Crippen LogP contribution in [0.3, 0.4) is 0 Å². The van der Waals surface area contributed by atoms with Gasteiger partial charge >= 0.3 is 0 Å². The van der Waals surface area contributed by atoms with E-state index in [0.29, 0.717) is 24.0 Å². The van der Waals surface area contributed by atoms with Crippen molar-refractivity contribution in [2.24, 2.45) is 5.92 Å². The molecule has 0 aromatic carbocycles. The largest absolute Gasteiger partial charge is 0.356 e. The van der Waals surface area contributed by atoms with Crippen LogP contribution in [0, 0.1) is 12.8 Å². The maximum Gasteiger partial charge on any atom is 0.270 e. The van der Waals surface area contributed by atoms with Gasteiger partial charge in [0.25, 0.3) is 5.91 Å². The number of nitrogens with one attached hydrogen (secondary N) is 1. The van der Waals surface area contributed by atoms with Gasteiger partial charge in [-0.15, -0.1) is 0 Å². The van der Waals surface area contributed by atoms with Crippen molar-refractivity contribution in [1.29, 1.82) is 0 Å². The average Bonchev–Trinajstić information content (AvgIpc) is 2.75. The van der Waals surface area contributed by atoms with E-state index in [4.69, 9.17) is 0 Å². The van der Waals surface area contributed by atoms with E-state index >= 15 is 0 Å². The van der Waals surface area contributed by atoms with E-state index in [2.05, 4.69) is 34.0 Å². The van der Waals surface area contributed by atoms with E-state index in [0.717, 1.165) is 25.3 Å². The molecule has 1 fully saturated rings. The van der Waals surface area contributed by atoms with Gasteiger partial charge in [0.1, 0.15) is 17.3 Å². The van der Waals surface area contributed by atoms with E-state index in [-0.39, 0.29) is 5.91 Å². The van der Waals surface area contributed by atoms with Gasteiger partial charge in [-0.1, -0.05) is 26.7 Å². The number of aromatic nitrogens is 2. The van der Waals surface area contributed by atoms with E-state index in [1.54, 1.807) is 0 Å². The number of hydrogen-bond acceptors (Lipinski definition) is 4. The standard InChI is InChI=1S/C17H28N4O/c1-13(2)8-9-18-17(22)15-12-16(20-14(3)19-15)21-10-6-4-5-7-11-21/h12-13H,4-11H2,1-3H3,(H,18,22). The second-order valence-corrected chi connectivity index (χ2v) is 6.50. The van der Waals surface area contributed by atoms with Crippen molar-refractivity contribution in [2.75, 3.05) is 24.5 Å². The lowest BCUT2D eigenvalue weighted by Crippen LogP contribution is -2.29. The summed E-state index contributed by atoms with van der Waals surface area (Å²) in [5.41, 5.74) is 0.482. The second-order valence-electron chi connectivity index (χ2n) is 6.50. The van der Waals surface area contributed by atoms with Crippen molar-refractivity contribution < 1.29 is 4.79 Å². The maximum absolute atomic E-state index is 12.3. The summed E-state index contributed by atoms with van der Waals surface area (Å²) in [4.78, 5) is 23.4. The van der Waals surface area contributed by atoms with Crippen LogP contribution < -0.4 is 10.2 Å². The molecular weight excluding hydrogens is 276 g/mol. The molecule has 0 atom stereocenters. The molecule has 1 aromatic rings. The SMILES string of the molecule is Cc1nc(C(=O)NCCC(C)C)cc(N2CCCCCC2)n1. The highest BCUT2D eigenvalue weighted by Gasteiger charge is 2.15. The van der Waals surface area contributed by atoms with Gasteiger partial charge < -0.3 is 10.2 Å². The van der Waals surface area contributed by atoms with Gasteiger partial charge in [-0.05, 0) is 32.1 Å². The van der Waals surface area contributed by atoms with Gasteiger partial charge in [-0.3, -0.25) is 4.79 Å². The summed E-state index contributed by atoms with van der Waals surface area (Å²) in [6.45, 7) is 8.89. The average molecular weight is 304 g/mol. The predicted molar refractivity (Wildman–Crippen MR) is 89.2 cm³/mol. The molecule has 0 unspecified atom stereocenters. The number of nitrogens with zero attached hydrogens (tertiary/aromatic N) is 3. The van der Waals surface area contributed by atoms with Crippen molar-refractivity contribution in [2.45, 2.75) is 52.9 Å². The summed E-state index contributed by atoms with van der Waals surface area (Å²) in [7, 11) is 0. The Morgan fingerprint density at radius 2 is 1.91 bits per heavy atom. The summed E-state index contributed by atoms with van der Waals surface area (Å²) in [6, 6.07) is 1.84. The van der Waals surface area contributed by atoms with E-state index < -0.39 is 0 Å². The van der Waals surface area contributed by atoms with E-state index in [1.807, 2.05) is 13.0 Å². The predicted octanol–water partition coefficient (Wildman–Crippen LogP) is 2.94. The zero-order valence-corrected chi connectivity index (χ0v) is 14.1. The van der Waals surface area contributed by atoms with Crippen molar-refractivity contribution in [3.05, 3.63) is 17.6 Å². The van der Waals surface area contributed by atoms with Crippen molar-refractivity contribution >= 4 is 11.7 Å². The molecule has 22 heavy (non-hydrogen) atoms. The van der Waals surface area contributed by atoms with Crippen molar-refractivity contribution in [1.82, 2.24) is 15.3 Å². The number of anilines is 1. The molecule has 0 aliphatic carbocycles. The number of aryl methyl sites for hydroxylation is 1. The normalized spacial score (nSPS) is 15.7. The van der Waals surface area contributed by atoms with Crippen LogP contribution in [0.1, 0.15) is 62.3 Å². The number of hydrogen-bond donors (Lipinski definition) is 1. The Morgan fingerprint density at radius 3 is 2.55 bits per heavy atom. The zero-order valence-electron chi connectivity index (χ0n) is 14.1. The third-order valence-electron chi connectivity index (χ3n) is 3.99. The first kappa shape index (κ1) is 16.7. The first-order valence-electron chi connectivity index (χ1n) is 8.45. The van der Waals surface area contributed by atoms with Gasteiger partial charge in [0, 0.05) is 25.7 Å². The van der Waals surface area contributed by atoms with Gasteiger partial charge in [0.05, 0.1) is 0 Å². The Balaban J connectivity index is 2.06. The molecule has 2 heterocycles. The molecule has 0 spiro atoms. The number of carbonyl (C=O) groups is 1. The van der Waals surface area contributed by atoms with Crippen LogP contribution in [0.5, 0.6) is 0 Å². The summed E-state index contributed by atoms with van der Waals surface area (Å²) in [6.07, 6.45) is 5.93. The summed E-state index contributed by atoms with van der Waals surface area (Å²) >= 11 is 0. The fraction of sp³-hybridized carbons (Fsp3) is 0.706. The lowest BCUT2D eigenvalue weighted by Gasteiger charge is -2.22. The van der Waals surface area contributed by atoms with Crippen LogP contribution in [0.25, 0.3) is 0 Å². The van der Waals surface area contributed by atoms with E-state index in [9.17, 15) is 4.79 Å². The molecule has 122 valence electrons. The molecule has 1 aromatic heterocycles. The topological polar surface area (TPSA) is 58.1 Å². The number of carbonyl (C=O) groups excluding carboxylic acids is 1. The number of amides is 1. The summed E-state index contributed by atoms with van der Waals surface area (Å²) < 4.78 is 0. The Morgan fingerprint density at radius 1 is 1.23 bits per heavy atom. The molecule has 1 aliphatic rings. The molecular formula is C17H28N4O. The summed E-state index contributed by atoms with van der Waals surface area (Å²) in [5, 5.41) is 2.95. The molecule has 1 saturated heterocycles. The Kier molecular flexibility index (Phi) is 6.16. The Hall–Kier alpha value is -1.65. The maximum atomic E-state index is 12.3. The molecule has 0 saturated carbocycles. The molecule has 2 rings (SSSR count). The molecule has 5 heteroatoms. The molecule has 1 amide bonds. The first-order chi connectivity index (χ1) is 10.6. The highest BCUT2D eigenvalue weighted by molar-refractivity contribution is 5.92. The third-order valence-corrected chi connectivity index (χ3v) is 3.99. The lowest BCUT2D eigenvalue weighted by molar-refractivity contribution is 0.0946. The Bertz CT molecular complexity index is 493. The molecule has 1 aliphatic heterocycles. The monoisotopic (exact) mass is 304 g/mol. The van der Waals surface area contributed by atoms with Gasteiger partial charge in [-0.2, -0.15) is 0 Å². The molecule has 1 N–H and O–H groups in total. The van der Waals surface area contributed by atoms with Crippen molar-refractivity contribution in [3.63, 3.8) is 0 Å². The smallest absolute Gasteiger partial charge is 0.270 e. The minimum absolute atomic E-state index is 0.0952. The molecule has 0 radical (unpaired) electrons. The highest BCUT2D eigenvalue weighted by atomic mass is 16.1. The minimum Gasteiger partial charge on any atom is -0.356 e. The lowest BCUT2D eigenvalue weighted by atomic mass is 10.1. The van der Waals surface area contributed by atoms with Crippen LogP contribution in [-0.4, -0.2) is 35.5 Å². The second kappa shape index (κ2) is 8.11. The fourth-order valence-electron chi connectivity index (χ4n) is 2.69. The highest BCUT2D eigenvalue weighted by Crippen LogP contribution is 2.18. The van der Waals surface area contributed by atoms with Crippen LogP contribution in [0.15, 0.2) is 6.07 Å². The van der Waals surface area contributed by atoms with Crippen LogP contribution in [0.4, 0.5) is 5.82 Å². The van der Waals surface area contributed by atoms with Gasteiger partial charge in [0.2, 0.25) is 0 Å². The zero-order chi connectivity index (χ0) is 15.9. The van der Waals surface area contributed by atoms with Crippen LogP contribution in [-0.2, 0) is 0 Å². The number of rotatable bonds is 5. The van der Waals surface area contributed by atoms with Crippen molar-refractivity contribution in [3.8, 4) is 0 Å². The minimum atomic E-state index is -0.0952. The van der Waals surface area contributed by atoms with Gasteiger partial charge in [-0.25, -0.2) is 9.97 Å². The summed E-state index contributed by atoms with van der Waals surface area (Å²) in [5.74, 6) is 2.04. The van der Waals surface area contributed by atoms with E-state index in [1.165, 1.54) is 25.7 Å². The first-order valence-corrected chi connectivity index (χ1v) is 8.45. The third kappa shape index (κ3) is 4.97. The van der Waals surface area contributed by atoms with Crippen LogP contribution in [0.2, 0.25) is 0 Å². The molecule has 0 bridgehead atoms. The Labute approximate surface area is 133 Å². The van der Waals surface area contributed by atoms with Gasteiger partial charge in [0.15, 0.2) is 0 Å². The quantitative estimate of drug-likeness (QED) is 0.908.